The van der Waals surface area contributed by atoms with E-state index in [1.165, 1.54) is 5.51 Å². The second-order valence-corrected chi connectivity index (χ2v) is 3.77. The van der Waals surface area contributed by atoms with E-state index in [1.807, 2.05) is 0 Å². The molecule has 0 N–H and O–H groups in total. The highest BCUT2D eigenvalue weighted by Gasteiger charge is 2.07. The Kier molecular flexibility index (Phi) is 1.56. The average molecular weight is 186 g/mol. The molecule has 0 saturated heterocycles. The zero-order chi connectivity index (χ0) is 7.84. The molecule has 0 bridgehead atoms. The van der Waals surface area contributed by atoms with Gasteiger partial charge in [0.15, 0.2) is 0 Å². The van der Waals surface area contributed by atoms with Crippen molar-refractivity contribution in [2.45, 2.75) is 0 Å². The molecule has 0 spiro atoms. The third-order valence-electron chi connectivity index (χ3n) is 1.44. The van der Waals surface area contributed by atoms with Gasteiger partial charge >= 0.3 is 0 Å². The molecular formula is C7H4ClNOS. The molecule has 1 aromatic heterocycles. The SMILES string of the molecule is [O-][s+]1cnc2c(Cl)cccc21. The predicted octanol–water partition coefficient (Wildman–Crippen LogP) is 2.62. The molecule has 0 fully saturated rings. The summed E-state index contributed by atoms with van der Waals surface area (Å²) in [6.45, 7) is 0. The number of rotatable bonds is 0. The van der Waals surface area contributed by atoms with Gasteiger partial charge in [-0.15, -0.1) is 0 Å². The van der Waals surface area contributed by atoms with E-state index in [0.29, 0.717) is 15.2 Å². The predicted molar refractivity (Wildman–Crippen MR) is 45.4 cm³/mol. The Balaban J connectivity index is 2.94. The number of nitrogens with zero attached hydrogens (tertiary/aromatic N) is 1. The van der Waals surface area contributed by atoms with E-state index in [2.05, 4.69) is 4.98 Å². The molecule has 0 saturated carbocycles. The van der Waals surface area contributed by atoms with Gasteiger partial charge in [-0.05, 0) is 16.8 Å². The summed E-state index contributed by atoms with van der Waals surface area (Å²) < 4.78 is 11.8. The maximum atomic E-state index is 11.1. The van der Waals surface area contributed by atoms with Gasteiger partial charge < -0.3 is 4.55 Å². The lowest BCUT2D eigenvalue weighted by Gasteiger charge is -1.88. The largest absolute Gasteiger partial charge is 0.589 e. The van der Waals surface area contributed by atoms with Crippen LogP contribution in [0.5, 0.6) is 0 Å². The van der Waals surface area contributed by atoms with Crippen LogP contribution in [0.3, 0.4) is 0 Å². The van der Waals surface area contributed by atoms with Gasteiger partial charge in [-0.3, -0.25) is 0 Å². The first-order valence-corrected chi connectivity index (χ1v) is 4.61. The Morgan fingerprint density at radius 3 is 3.00 bits per heavy atom. The van der Waals surface area contributed by atoms with Crippen molar-refractivity contribution in [3.8, 4) is 0 Å². The first-order chi connectivity index (χ1) is 5.29. The second kappa shape index (κ2) is 2.44. The van der Waals surface area contributed by atoms with Gasteiger partial charge in [0.05, 0.1) is 5.02 Å². The van der Waals surface area contributed by atoms with Crippen molar-refractivity contribution in [1.82, 2.24) is 4.98 Å². The molecule has 1 atom stereocenters. The summed E-state index contributed by atoms with van der Waals surface area (Å²) in [5, 5.41) is 0.560. The fraction of sp³-hybridized carbons (Fsp3) is 0. The van der Waals surface area contributed by atoms with Gasteiger partial charge in [0.2, 0.25) is 10.2 Å². The summed E-state index contributed by atoms with van der Waals surface area (Å²) >= 11 is 5.79. The Labute approximate surface area is 71.2 Å². The Hall–Kier alpha value is -0.640. The van der Waals surface area contributed by atoms with Crippen LogP contribution >= 0.6 is 22.4 Å². The lowest BCUT2D eigenvalue weighted by atomic mass is 10.3. The van der Waals surface area contributed by atoms with Crippen molar-refractivity contribution in [2.75, 3.05) is 0 Å². The molecule has 4 heteroatoms. The van der Waals surface area contributed by atoms with Crippen molar-refractivity contribution >= 4 is 32.6 Å². The highest BCUT2D eigenvalue weighted by molar-refractivity contribution is 7.29. The second-order valence-electron chi connectivity index (χ2n) is 2.12. The number of para-hydroxylation sites is 1. The van der Waals surface area contributed by atoms with E-state index in [1.54, 1.807) is 18.2 Å². The van der Waals surface area contributed by atoms with Crippen LogP contribution in [-0.4, -0.2) is 9.54 Å². The summed E-state index contributed by atoms with van der Waals surface area (Å²) in [6.07, 6.45) is 0. The van der Waals surface area contributed by atoms with Crippen LogP contribution < -0.4 is 0 Å². The standard InChI is InChI=1S/C7H4ClNOS/c8-5-2-1-3-6-7(5)9-4-11(6)10/h1-4H. The zero-order valence-electron chi connectivity index (χ0n) is 5.45. The number of hydrogen-bond donors (Lipinski definition) is 0. The maximum absolute atomic E-state index is 11.1. The zero-order valence-corrected chi connectivity index (χ0v) is 7.02. The third kappa shape index (κ3) is 1.01. The molecule has 56 valence electrons. The van der Waals surface area contributed by atoms with E-state index in [-0.39, 0.29) is 0 Å². The lowest BCUT2D eigenvalue weighted by Crippen LogP contribution is -1.67. The molecule has 11 heavy (non-hydrogen) atoms. The first kappa shape index (κ1) is 7.03. The molecule has 1 heterocycles. The summed E-state index contributed by atoms with van der Waals surface area (Å²) in [6, 6.07) is 5.28. The Morgan fingerprint density at radius 2 is 2.27 bits per heavy atom. The quantitative estimate of drug-likeness (QED) is 0.592. The number of benzene rings is 1. The van der Waals surface area contributed by atoms with Gasteiger partial charge in [-0.25, -0.2) is 0 Å². The monoisotopic (exact) mass is 185 g/mol. The molecule has 2 aromatic rings. The molecule has 0 radical (unpaired) electrons. The highest BCUT2D eigenvalue weighted by Crippen LogP contribution is 2.29. The van der Waals surface area contributed by atoms with Crippen LogP contribution in [0.2, 0.25) is 5.02 Å². The first-order valence-electron chi connectivity index (χ1n) is 3.02. The minimum absolute atomic E-state index is 0.560. The van der Waals surface area contributed by atoms with Crippen LogP contribution in [0, 0.1) is 0 Å². The van der Waals surface area contributed by atoms with Gasteiger partial charge in [0.25, 0.3) is 0 Å². The topological polar surface area (TPSA) is 36.0 Å². The van der Waals surface area contributed by atoms with Crippen LogP contribution in [0.4, 0.5) is 0 Å². The molecule has 2 rings (SSSR count). The number of halogens is 1. The van der Waals surface area contributed by atoms with Crippen molar-refractivity contribution in [3.63, 3.8) is 0 Å². The van der Waals surface area contributed by atoms with Crippen molar-refractivity contribution in [2.24, 2.45) is 0 Å². The summed E-state index contributed by atoms with van der Waals surface area (Å²) in [5.74, 6) is 0. The fourth-order valence-electron chi connectivity index (χ4n) is 0.941. The molecule has 0 aliphatic heterocycles. The van der Waals surface area contributed by atoms with E-state index >= 15 is 0 Å². The van der Waals surface area contributed by atoms with Gasteiger partial charge in [-0.1, -0.05) is 17.7 Å². The number of thiazole rings is 1. The Bertz CT molecular complexity index is 398. The van der Waals surface area contributed by atoms with E-state index in [0.717, 1.165) is 0 Å². The smallest absolute Gasteiger partial charge is 0.229 e. The summed E-state index contributed by atoms with van der Waals surface area (Å²) in [4.78, 5) is 3.92. The van der Waals surface area contributed by atoms with E-state index in [9.17, 15) is 4.55 Å². The Morgan fingerprint density at radius 1 is 1.45 bits per heavy atom. The van der Waals surface area contributed by atoms with Crippen LogP contribution in [0.15, 0.2) is 23.7 Å². The van der Waals surface area contributed by atoms with Gasteiger partial charge in [0.1, 0.15) is 5.52 Å². The van der Waals surface area contributed by atoms with Crippen molar-refractivity contribution in [3.05, 3.63) is 28.7 Å². The van der Waals surface area contributed by atoms with E-state index < -0.39 is 10.8 Å². The molecule has 1 aromatic carbocycles. The third-order valence-corrected chi connectivity index (χ3v) is 2.81. The molecule has 1 unspecified atom stereocenters. The average Bonchev–Trinajstić information content (AvgIpc) is 2.35. The minimum Gasteiger partial charge on any atom is -0.589 e. The summed E-state index contributed by atoms with van der Waals surface area (Å²) in [5.41, 5.74) is 2.05. The molecule has 2 nitrogen and oxygen atoms in total. The fourth-order valence-corrected chi connectivity index (χ4v) is 2.10. The van der Waals surface area contributed by atoms with Gasteiger partial charge in [0, 0.05) is 6.07 Å². The number of aromatic nitrogens is 1. The maximum Gasteiger partial charge on any atom is 0.229 e. The molecule has 0 amide bonds. The summed E-state index contributed by atoms with van der Waals surface area (Å²) in [7, 11) is -1.08. The van der Waals surface area contributed by atoms with Crippen LogP contribution in [-0.2, 0) is 0 Å². The van der Waals surface area contributed by atoms with Crippen molar-refractivity contribution < 1.29 is 4.55 Å². The normalized spacial score (nSPS) is 12.4. The highest BCUT2D eigenvalue weighted by atomic mass is 35.5. The van der Waals surface area contributed by atoms with E-state index in [4.69, 9.17) is 11.6 Å². The van der Waals surface area contributed by atoms with Gasteiger partial charge in [-0.2, -0.15) is 4.98 Å². The number of hydrogen-bond acceptors (Lipinski definition) is 2. The van der Waals surface area contributed by atoms with Crippen LogP contribution in [0.1, 0.15) is 0 Å². The molecule has 0 aliphatic carbocycles. The van der Waals surface area contributed by atoms with Crippen molar-refractivity contribution in [1.29, 1.82) is 0 Å². The van der Waals surface area contributed by atoms with Crippen LogP contribution in [0.25, 0.3) is 10.2 Å². The lowest BCUT2D eigenvalue weighted by molar-refractivity contribution is 0.599. The minimum atomic E-state index is -1.08. The molecule has 0 aliphatic rings. The number of fused-ring (bicyclic) bond motifs is 1. The molecular weight excluding hydrogens is 182 g/mol.